The fourth-order valence-corrected chi connectivity index (χ4v) is 1.45. The lowest BCUT2D eigenvalue weighted by atomic mass is 10.2. The van der Waals surface area contributed by atoms with Gasteiger partial charge in [0, 0.05) is 32.4 Å². The van der Waals surface area contributed by atoms with Crippen LogP contribution < -0.4 is 0 Å². The van der Waals surface area contributed by atoms with Crippen molar-refractivity contribution in [3.63, 3.8) is 0 Å². The molecule has 0 spiro atoms. The number of carbonyl (C=O) groups excluding carboxylic acids is 1. The summed E-state index contributed by atoms with van der Waals surface area (Å²) in [5, 5.41) is 8.52. The number of pyridine rings is 1. The number of carbonyl (C=O) groups is 2. The van der Waals surface area contributed by atoms with E-state index >= 15 is 0 Å². The Morgan fingerprint density at radius 1 is 1.25 bits per heavy atom. The second kappa shape index (κ2) is 7.40. The van der Waals surface area contributed by atoms with Gasteiger partial charge in [-0.25, -0.2) is 4.79 Å². The molecular formula is C14H19N3O3. The number of amides is 1. The van der Waals surface area contributed by atoms with Gasteiger partial charge in [-0.3, -0.25) is 9.78 Å². The van der Waals surface area contributed by atoms with Crippen LogP contribution in [0.1, 0.15) is 16.1 Å². The van der Waals surface area contributed by atoms with Gasteiger partial charge in [0.25, 0.3) is 5.91 Å². The van der Waals surface area contributed by atoms with E-state index in [1.807, 2.05) is 19.0 Å². The third kappa shape index (κ3) is 5.19. The molecule has 6 nitrogen and oxygen atoms in total. The molecule has 0 aliphatic carbocycles. The van der Waals surface area contributed by atoms with Crippen LogP contribution in [0.2, 0.25) is 0 Å². The van der Waals surface area contributed by atoms with Crippen molar-refractivity contribution in [3.8, 4) is 0 Å². The zero-order valence-corrected chi connectivity index (χ0v) is 11.9. The summed E-state index contributed by atoms with van der Waals surface area (Å²) in [4.78, 5) is 30.1. The topological polar surface area (TPSA) is 73.7 Å². The average molecular weight is 277 g/mol. The zero-order chi connectivity index (χ0) is 15.1. The Hall–Kier alpha value is -2.21. The fraction of sp³-hybridized carbons (Fsp3) is 0.357. The molecule has 0 unspecified atom stereocenters. The molecule has 0 aromatic carbocycles. The maximum Gasteiger partial charge on any atom is 0.328 e. The van der Waals surface area contributed by atoms with Gasteiger partial charge in [-0.05, 0) is 31.8 Å². The number of aromatic nitrogens is 1. The first-order valence-corrected chi connectivity index (χ1v) is 6.17. The number of hydrogen-bond acceptors (Lipinski definition) is 4. The highest BCUT2D eigenvalue weighted by Crippen LogP contribution is 2.05. The molecule has 0 fully saturated rings. The first-order valence-electron chi connectivity index (χ1n) is 6.17. The van der Waals surface area contributed by atoms with Crippen LogP contribution in [-0.2, 0) is 4.79 Å². The molecule has 0 atom stereocenters. The van der Waals surface area contributed by atoms with Crippen molar-refractivity contribution in [3.05, 3.63) is 35.7 Å². The van der Waals surface area contributed by atoms with Crippen molar-refractivity contribution in [1.29, 1.82) is 0 Å². The summed E-state index contributed by atoms with van der Waals surface area (Å²) in [6.45, 7) is 1.40. The van der Waals surface area contributed by atoms with Gasteiger partial charge in [0.15, 0.2) is 0 Å². The van der Waals surface area contributed by atoms with Gasteiger partial charge < -0.3 is 14.9 Å². The standard InChI is InChI=1S/C14H19N3O3/c1-16(2)8-9-17(3)14(20)12-6-4-11(10-15-12)5-7-13(18)19/h4-7,10H,8-9H2,1-3H3,(H,18,19). The molecule has 0 saturated carbocycles. The van der Waals surface area contributed by atoms with E-state index in [1.54, 1.807) is 24.1 Å². The van der Waals surface area contributed by atoms with Crippen molar-refractivity contribution in [2.75, 3.05) is 34.2 Å². The minimum atomic E-state index is -1.02. The van der Waals surface area contributed by atoms with Crippen molar-refractivity contribution in [2.24, 2.45) is 0 Å². The Bertz CT molecular complexity index is 495. The summed E-state index contributed by atoms with van der Waals surface area (Å²) in [6, 6.07) is 3.26. The fourth-order valence-electron chi connectivity index (χ4n) is 1.45. The van der Waals surface area contributed by atoms with Gasteiger partial charge in [0.2, 0.25) is 0 Å². The average Bonchev–Trinajstić information content (AvgIpc) is 2.42. The highest BCUT2D eigenvalue weighted by molar-refractivity contribution is 5.92. The molecule has 1 aromatic heterocycles. The molecule has 1 aromatic rings. The largest absolute Gasteiger partial charge is 0.478 e. The van der Waals surface area contributed by atoms with Gasteiger partial charge in [-0.1, -0.05) is 6.07 Å². The number of nitrogens with zero attached hydrogens (tertiary/aromatic N) is 3. The van der Waals surface area contributed by atoms with Crippen molar-refractivity contribution >= 4 is 18.0 Å². The third-order valence-electron chi connectivity index (χ3n) is 2.65. The summed E-state index contributed by atoms with van der Waals surface area (Å²) in [6.07, 6.45) is 3.94. The maximum atomic E-state index is 12.1. The molecule has 20 heavy (non-hydrogen) atoms. The molecule has 0 bridgehead atoms. The van der Waals surface area contributed by atoms with Crippen LogP contribution in [0.15, 0.2) is 24.4 Å². The van der Waals surface area contributed by atoms with Crippen LogP contribution >= 0.6 is 0 Å². The van der Waals surface area contributed by atoms with Crippen molar-refractivity contribution in [1.82, 2.24) is 14.8 Å². The van der Waals surface area contributed by atoms with E-state index in [4.69, 9.17) is 5.11 Å². The lowest BCUT2D eigenvalue weighted by Crippen LogP contribution is -2.33. The van der Waals surface area contributed by atoms with Crippen molar-refractivity contribution in [2.45, 2.75) is 0 Å². The Morgan fingerprint density at radius 3 is 2.45 bits per heavy atom. The molecule has 1 N–H and O–H groups in total. The third-order valence-corrected chi connectivity index (χ3v) is 2.65. The molecular weight excluding hydrogens is 258 g/mol. The summed E-state index contributed by atoms with van der Waals surface area (Å²) in [5.74, 6) is -1.17. The quantitative estimate of drug-likeness (QED) is 0.779. The molecule has 0 aliphatic heterocycles. The van der Waals surface area contributed by atoms with E-state index in [0.717, 1.165) is 12.6 Å². The summed E-state index contributed by atoms with van der Waals surface area (Å²) in [5.41, 5.74) is 0.985. The van der Waals surface area contributed by atoms with Gasteiger partial charge in [-0.15, -0.1) is 0 Å². The lowest BCUT2D eigenvalue weighted by molar-refractivity contribution is -0.131. The molecule has 1 rings (SSSR count). The summed E-state index contributed by atoms with van der Waals surface area (Å²) >= 11 is 0. The van der Waals surface area contributed by atoms with Crippen LogP contribution in [0.3, 0.4) is 0 Å². The van der Waals surface area contributed by atoms with E-state index in [2.05, 4.69) is 4.98 Å². The van der Waals surface area contributed by atoms with Crippen molar-refractivity contribution < 1.29 is 14.7 Å². The Balaban J connectivity index is 2.68. The van der Waals surface area contributed by atoms with Crippen LogP contribution in [0, 0.1) is 0 Å². The van der Waals surface area contributed by atoms with E-state index in [1.165, 1.54) is 12.3 Å². The molecule has 1 heterocycles. The molecule has 0 radical (unpaired) electrons. The number of likely N-dealkylation sites (N-methyl/N-ethyl adjacent to an activating group) is 2. The van der Waals surface area contributed by atoms with E-state index in [0.29, 0.717) is 17.8 Å². The van der Waals surface area contributed by atoms with Crippen LogP contribution in [0.5, 0.6) is 0 Å². The van der Waals surface area contributed by atoms with E-state index in [-0.39, 0.29) is 5.91 Å². The Kier molecular flexibility index (Phi) is 5.86. The van der Waals surface area contributed by atoms with Crippen LogP contribution in [-0.4, -0.2) is 66.0 Å². The number of hydrogen-bond donors (Lipinski definition) is 1. The van der Waals surface area contributed by atoms with E-state index in [9.17, 15) is 9.59 Å². The normalized spacial score (nSPS) is 11.0. The van der Waals surface area contributed by atoms with Gasteiger partial charge in [-0.2, -0.15) is 0 Å². The zero-order valence-electron chi connectivity index (χ0n) is 11.9. The second-order valence-electron chi connectivity index (χ2n) is 4.68. The Morgan fingerprint density at radius 2 is 1.95 bits per heavy atom. The first-order chi connectivity index (χ1) is 9.40. The molecule has 0 saturated heterocycles. The molecule has 1 amide bonds. The number of aliphatic carboxylic acids is 1. The first kappa shape index (κ1) is 15.8. The van der Waals surface area contributed by atoms with Gasteiger partial charge >= 0.3 is 5.97 Å². The minimum Gasteiger partial charge on any atom is -0.478 e. The van der Waals surface area contributed by atoms with Crippen LogP contribution in [0.4, 0.5) is 0 Å². The SMILES string of the molecule is CN(C)CCN(C)C(=O)c1ccc(C=CC(=O)O)cn1. The maximum absolute atomic E-state index is 12.1. The second-order valence-corrected chi connectivity index (χ2v) is 4.68. The monoisotopic (exact) mass is 277 g/mol. The predicted octanol–water partition coefficient (Wildman–Crippen LogP) is 0.813. The molecule has 6 heteroatoms. The number of carboxylic acids is 1. The summed E-state index contributed by atoms with van der Waals surface area (Å²) < 4.78 is 0. The van der Waals surface area contributed by atoms with Crippen LogP contribution in [0.25, 0.3) is 6.08 Å². The smallest absolute Gasteiger partial charge is 0.328 e. The highest BCUT2D eigenvalue weighted by Gasteiger charge is 2.12. The summed E-state index contributed by atoms with van der Waals surface area (Å²) in [7, 11) is 5.62. The number of rotatable bonds is 6. The van der Waals surface area contributed by atoms with Gasteiger partial charge in [0.05, 0.1) is 0 Å². The van der Waals surface area contributed by atoms with E-state index < -0.39 is 5.97 Å². The minimum absolute atomic E-state index is 0.152. The predicted molar refractivity (Wildman–Crippen MR) is 76.4 cm³/mol. The molecule has 108 valence electrons. The number of carboxylic acid groups (broad SMARTS) is 1. The Labute approximate surface area is 118 Å². The lowest BCUT2D eigenvalue weighted by Gasteiger charge is -2.19. The molecule has 0 aliphatic rings. The van der Waals surface area contributed by atoms with Gasteiger partial charge in [0.1, 0.15) is 5.69 Å². The highest BCUT2D eigenvalue weighted by atomic mass is 16.4.